The van der Waals surface area contributed by atoms with E-state index in [2.05, 4.69) is 9.34 Å². The largest absolute Gasteiger partial charge is 4.00 e. The van der Waals surface area contributed by atoms with Gasteiger partial charge in [0.1, 0.15) is 0 Å². The predicted octanol–water partition coefficient (Wildman–Crippen LogP) is -0.790. The Morgan fingerprint density at radius 3 is 0.781 bits per heavy atom. The van der Waals surface area contributed by atoms with Crippen molar-refractivity contribution in [3.05, 3.63) is 5.50 Å². The molecule has 0 aromatic carbocycles. The van der Waals surface area contributed by atoms with Gasteiger partial charge in [-0.1, -0.05) is 85.4 Å². The molecule has 0 spiro atoms. The van der Waals surface area contributed by atoms with E-state index in [1.54, 1.807) is 0 Å². The van der Waals surface area contributed by atoms with E-state index in [9.17, 15) is 5.50 Å². The molecule has 0 unspecified atom stereocenters. The van der Waals surface area contributed by atoms with E-state index in [1.165, 1.54) is 128 Å². The summed E-state index contributed by atoms with van der Waals surface area (Å²) in [5, 5.41) is 0. The third kappa shape index (κ3) is 9.08. The van der Waals surface area contributed by atoms with Crippen LogP contribution >= 0.6 is 8.37 Å². The van der Waals surface area contributed by atoms with Gasteiger partial charge in [0.15, 0.2) is 0 Å². The first-order valence-corrected chi connectivity index (χ1v) is 14.2. The average Bonchev–Trinajstić information content (AvgIpc) is 2.77. The molecule has 186 valence electrons. The molecule has 1 N–H and O–H groups in total. The quantitative estimate of drug-likeness (QED) is 0.315. The Labute approximate surface area is 233 Å². The topological polar surface area (TPSA) is 30.3 Å². The summed E-state index contributed by atoms with van der Waals surface area (Å²) in [5.41, 5.74) is 9.75. The molecule has 4 saturated carbocycles. The van der Waals surface area contributed by atoms with Crippen molar-refractivity contribution in [1.82, 2.24) is 9.34 Å². The van der Waals surface area contributed by atoms with E-state index in [4.69, 9.17) is 0 Å². The van der Waals surface area contributed by atoms with Crippen LogP contribution in [-0.4, -0.2) is 33.5 Å². The van der Waals surface area contributed by atoms with Crippen molar-refractivity contribution in [2.45, 2.75) is 153 Å². The third-order valence-electron chi connectivity index (χ3n) is 8.23. The number of hydrogen-bond acceptors (Lipinski definition) is 2. The van der Waals surface area contributed by atoms with Gasteiger partial charge in [-0.3, -0.25) is 9.34 Å². The van der Waals surface area contributed by atoms with Gasteiger partial charge in [-0.2, -0.15) is 0 Å². The van der Waals surface area contributed by atoms with Gasteiger partial charge >= 0.3 is 21.7 Å². The predicted molar refractivity (Wildman–Crippen MR) is 122 cm³/mol. The molecule has 0 aromatic rings. The first-order chi connectivity index (χ1) is 13.8. The maximum absolute atomic E-state index is 9.75. The van der Waals surface area contributed by atoms with Gasteiger partial charge in [0.2, 0.25) is 0 Å². The molecule has 0 atom stereocenters. The summed E-state index contributed by atoms with van der Waals surface area (Å²) < 4.78 is 5.72. The second kappa shape index (κ2) is 18.2. The van der Waals surface area contributed by atoms with E-state index >= 15 is 0 Å². The van der Waals surface area contributed by atoms with Crippen LogP contribution in [0.15, 0.2) is 0 Å². The Balaban J connectivity index is 0.00000240. The number of halogens is 3. The Morgan fingerprint density at radius 1 is 0.406 bits per heavy atom. The third-order valence-corrected chi connectivity index (χ3v) is 10.4. The molecule has 4 aliphatic rings. The van der Waals surface area contributed by atoms with Crippen LogP contribution in [0.4, 0.5) is 0 Å². The summed E-state index contributed by atoms with van der Waals surface area (Å²) in [6, 6.07) is 2.87. The molecule has 0 bridgehead atoms. The number of nitrogens with zero attached hydrogens (tertiary/aromatic N) is 2. The van der Waals surface area contributed by atoms with E-state index in [1.807, 2.05) is 0 Å². The zero-order valence-electron chi connectivity index (χ0n) is 19.9. The summed E-state index contributed by atoms with van der Waals surface area (Å²) in [6.07, 6.45) is 28.0. The van der Waals surface area contributed by atoms with Gasteiger partial charge in [0.25, 0.3) is 0 Å². The van der Waals surface area contributed by atoms with E-state index < -0.39 is 8.37 Å². The molecular formula is C24H45Cl3N3PTi. The second-order valence-corrected chi connectivity index (χ2v) is 11.7. The molecule has 4 aliphatic carbocycles. The number of rotatable bonds is 6. The van der Waals surface area contributed by atoms with Gasteiger partial charge in [0.05, 0.1) is 0 Å². The van der Waals surface area contributed by atoms with Crippen molar-refractivity contribution >= 4 is 8.37 Å². The minimum atomic E-state index is -0.882. The maximum atomic E-state index is 9.75. The molecule has 0 aromatic heterocycles. The Bertz CT molecular complexity index is 380. The summed E-state index contributed by atoms with van der Waals surface area (Å²) in [6.45, 7) is 0. The molecule has 0 heterocycles. The van der Waals surface area contributed by atoms with Crippen LogP contribution < -0.4 is 37.2 Å². The van der Waals surface area contributed by atoms with Crippen molar-refractivity contribution in [3.63, 3.8) is 0 Å². The summed E-state index contributed by atoms with van der Waals surface area (Å²) in [5.74, 6) is 0. The van der Waals surface area contributed by atoms with E-state index in [0.29, 0.717) is 0 Å². The van der Waals surface area contributed by atoms with Crippen molar-refractivity contribution in [2.75, 3.05) is 0 Å². The zero-order valence-corrected chi connectivity index (χ0v) is 24.7. The minimum absolute atomic E-state index is 0. The fourth-order valence-corrected chi connectivity index (χ4v) is 9.12. The molecule has 0 saturated heterocycles. The van der Waals surface area contributed by atoms with Crippen LogP contribution in [0.25, 0.3) is 5.50 Å². The molecule has 32 heavy (non-hydrogen) atoms. The molecular weight excluding hydrogens is 515 g/mol. The SMILES string of the molecule is [Cl-].[Cl-].[Cl-].[NH-]P(N(C1CCCCC1)C1CCCCC1)N(C1CCCCC1)C1CCCCC1.[Ti+4]. The van der Waals surface area contributed by atoms with Crippen molar-refractivity contribution in [2.24, 2.45) is 0 Å². The first-order valence-electron chi connectivity index (χ1n) is 12.9. The second-order valence-electron chi connectivity index (χ2n) is 10.2. The summed E-state index contributed by atoms with van der Waals surface area (Å²) in [7, 11) is -0.882. The molecule has 4 fully saturated rings. The van der Waals surface area contributed by atoms with E-state index in [0.717, 1.165) is 24.2 Å². The van der Waals surface area contributed by atoms with Gasteiger partial charge in [-0.15, -0.1) is 0 Å². The van der Waals surface area contributed by atoms with Gasteiger partial charge < -0.3 is 42.7 Å². The average molecular weight is 561 g/mol. The van der Waals surface area contributed by atoms with Crippen LogP contribution in [-0.2, 0) is 21.7 Å². The summed E-state index contributed by atoms with van der Waals surface area (Å²) in [4.78, 5) is 0. The first kappa shape index (κ1) is 33.9. The Hall–Kier alpha value is 1.89. The van der Waals surface area contributed by atoms with Gasteiger partial charge in [0, 0.05) is 24.2 Å². The number of nitrogens with one attached hydrogen (secondary N) is 1. The molecule has 0 amide bonds. The monoisotopic (exact) mass is 559 g/mol. The molecule has 3 nitrogen and oxygen atoms in total. The van der Waals surface area contributed by atoms with Crippen LogP contribution in [0.3, 0.4) is 0 Å². The molecule has 0 aliphatic heterocycles. The van der Waals surface area contributed by atoms with Crippen molar-refractivity contribution in [3.8, 4) is 0 Å². The standard InChI is InChI=1S/C24H45N3P.3ClH.Ti/c25-28(26(21-13-5-1-6-14-21)22-15-7-2-8-16-22)27(23-17-9-3-10-18-23)24-19-11-4-12-20-24;;;;/h21-25H,1-20H2;3*1H;/q-1;;;;+4/p-3. The number of hydrogen-bond donors (Lipinski definition) is 0. The Kier molecular flexibility index (Phi) is 19.3. The van der Waals surface area contributed by atoms with Crippen LogP contribution in [0.1, 0.15) is 128 Å². The molecule has 8 heteroatoms. The molecule has 0 radical (unpaired) electrons. The zero-order chi connectivity index (χ0) is 19.2. The van der Waals surface area contributed by atoms with Crippen molar-refractivity contribution in [1.29, 1.82) is 0 Å². The molecule has 4 rings (SSSR count). The fourth-order valence-electron chi connectivity index (χ4n) is 6.72. The van der Waals surface area contributed by atoms with E-state index in [-0.39, 0.29) is 58.9 Å². The van der Waals surface area contributed by atoms with Crippen LogP contribution in [0.5, 0.6) is 0 Å². The van der Waals surface area contributed by atoms with Gasteiger partial charge in [-0.25, -0.2) is 0 Å². The van der Waals surface area contributed by atoms with Gasteiger partial charge in [-0.05, 0) is 51.4 Å². The van der Waals surface area contributed by atoms with Crippen LogP contribution in [0, 0.1) is 0 Å². The smallest absolute Gasteiger partial charge is 1.00 e. The summed E-state index contributed by atoms with van der Waals surface area (Å²) >= 11 is 0. The minimum Gasteiger partial charge on any atom is -1.00 e. The maximum Gasteiger partial charge on any atom is 4.00 e. The Morgan fingerprint density at radius 2 is 0.594 bits per heavy atom. The van der Waals surface area contributed by atoms with Crippen molar-refractivity contribution < 1.29 is 58.9 Å². The van der Waals surface area contributed by atoms with Crippen LogP contribution in [0.2, 0.25) is 0 Å². The normalized spacial score (nSPS) is 24.4. The fraction of sp³-hybridized carbons (Fsp3) is 1.00.